The van der Waals surface area contributed by atoms with Crippen molar-refractivity contribution in [3.8, 4) is 0 Å². The van der Waals surface area contributed by atoms with Crippen LogP contribution in [0.2, 0.25) is 5.02 Å². The lowest BCUT2D eigenvalue weighted by atomic mass is 10.2. The molecule has 0 aliphatic heterocycles. The van der Waals surface area contributed by atoms with E-state index in [1.807, 2.05) is 0 Å². The molecule has 2 N–H and O–H groups in total. The van der Waals surface area contributed by atoms with Crippen molar-refractivity contribution in [1.82, 2.24) is 10.3 Å². The van der Waals surface area contributed by atoms with Crippen LogP contribution in [0.4, 0.5) is 35.4 Å². The Balaban J connectivity index is 1.95. The van der Waals surface area contributed by atoms with Crippen LogP contribution in [0.3, 0.4) is 0 Å². The molecule has 33 heavy (non-hydrogen) atoms. The molecule has 0 saturated carbocycles. The normalized spacial score (nSPS) is 11.5. The van der Waals surface area contributed by atoms with E-state index in [0.29, 0.717) is 35.8 Å². The summed E-state index contributed by atoms with van der Waals surface area (Å²) in [6.07, 6.45) is 0.787. The van der Waals surface area contributed by atoms with Crippen molar-refractivity contribution < 1.29 is 21.6 Å². The van der Waals surface area contributed by atoms with E-state index in [1.165, 1.54) is 18.2 Å². The minimum atomic E-state index is -4.63. The minimum Gasteiger partial charge on any atom is -0.372 e. The van der Waals surface area contributed by atoms with Gasteiger partial charge in [-0.15, -0.1) is 3.82 Å². The van der Waals surface area contributed by atoms with Gasteiger partial charge in [-0.3, -0.25) is 0 Å². The molecule has 0 amide bonds. The number of benzene rings is 2. The molecule has 7 nitrogen and oxygen atoms in total. The molecule has 0 saturated heterocycles. The summed E-state index contributed by atoms with van der Waals surface area (Å²) >= 11 is 12.4. The van der Waals surface area contributed by atoms with Crippen molar-refractivity contribution in [2.75, 3.05) is 41.2 Å². The van der Waals surface area contributed by atoms with E-state index in [0.717, 1.165) is 18.3 Å². The number of halogens is 5. The largest absolute Gasteiger partial charge is 0.372 e. The first kappa shape index (κ1) is 25.4. The van der Waals surface area contributed by atoms with Gasteiger partial charge in [0.15, 0.2) is 5.13 Å². The topological polar surface area (TPSA) is 77.6 Å². The van der Waals surface area contributed by atoms with Crippen LogP contribution in [0.5, 0.6) is 0 Å². The Morgan fingerprint density at radius 3 is 2.52 bits per heavy atom. The molecule has 0 atom stereocenters. The van der Waals surface area contributed by atoms with Crippen molar-refractivity contribution >= 4 is 66.9 Å². The molecule has 0 radical (unpaired) electrons. The summed E-state index contributed by atoms with van der Waals surface area (Å²) in [6, 6.07) is 5.74. The lowest BCUT2D eigenvalue weighted by Crippen LogP contribution is -2.27. The van der Waals surface area contributed by atoms with E-state index >= 15 is 0 Å². The van der Waals surface area contributed by atoms with Gasteiger partial charge in [0.1, 0.15) is 16.5 Å². The Kier molecular flexibility index (Phi) is 7.96. The van der Waals surface area contributed by atoms with E-state index in [4.69, 9.17) is 23.4 Å². The number of rotatable bonds is 9. The Hall–Kier alpha value is -2.25. The molecule has 0 fully saturated rings. The summed E-state index contributed by atoms with van der Waals surface area (Å²) in [6.45, 7) is 1.18. The molecule has 0 unspecified atom stereocenters. The lowest BCUT2D eigenvalue weighted by Gasteiger charge is -2.23. The average molecular weight is 540 g/mol. The molecular formula is C19H18Cl2F3N5O2S2. The van der Waals surface area contributed by atoms with Gasteiger partial charge in [0.05, 0.1) is 28.3 Å². The zero-order valence-electron chi connectivity index (χ0n) is 17.2. The molecule has 14 heteroatoms. The molecule has 1 heterocycles. The summed E-state index contributed by atoms with van der Waals surface area (Å²) in [4.78, 5) is 4.49. The number of nitrogens with zero attached hydrogens (tertiary/aromatic N) is 3. The van der Waals surface area contributed by atoms with Crippen molar-refractivity contribution in [1.29, 1.82) is 0 Å². The van der Waals surface area contributed by atoms with Gasteiger partial charge in [0.2, 0.25) is 5.13 Å². The molecule has 178 valence electrons. The Morgan fingerprint density at radius 1 is 1.15 bits per heavy atom. The Morgan fingerprint density at radius 2 is 1.88 bits per heavy atom. The first-order valence-electron chi connectivity index (χ1n) is 9.28. The summed E-state index contributed by atoms with van der Waals surface area (Å²) < 4.78 is 67.5. The van der Waals surface area contributed by atoms with Crippen LogP contribution in [0.1, 0.15) is 0 Å². The maximum Gasteiger partial charge on any atom is 0.283 e. The fourth-order valence-electron chi connectivity index (χ4n) is 2.81. The number of likely N-dealkylation sites (N-methyl/N-ethyl adjacent to an activating group) is 2. The van der Waals surface area contributed by atoms with Crippen LogP contribution in [0.15, 0.2) is 41.4 Å². The SMILES string of the molecule is CNCCN(C)c1cc(F)ccc1Nc1cc(F)c(S(=O)(=O)N(Cl)c2ncc(F)s2)cc1Cl. The highest BCUT2D eigenvalue weighted by molar-refractivity contribution is 7.94. The van der Waals surface area contributed by atoms with Crippen molar-refractivity contribution in [2.45, 2.75) is 4.90 Å². The first-order valence-corrected chi connectivity index (χ1v) is 12.3. The third kappa shape index (κ3) is 5.64. The van der Waals surface area contributed by atoms with Gasteiger partial charge in [-0.2, -0.15) is 12.8 Å². The van der Waals surface area contributed by atoms with Crippen molar-refractivity contribution in [3.05, 3.63) is 58.3 Å². The number of nitrogens with one attached hydrogen (secondary N) is 2. The van der Waals surface area contributed by atoms with E-state index in [2.05, 4.69) is 15.6 Å². The summed E-state index contributed by atoms with van der Waals surface area (Å²) in [5.74, 6) is -1.62. The third-order valence-electron chi connectivity index (χ3n) is 4.46. The summed E-state index contributed by atoms with van der Waals surface area (Å²) in [5, 5.41) is 4.59. The van der Waals surface area contributed by atoms with Crippen LogP contribution in [0.25, 0.3) is 0 Å². The standard InChI is InChI=1S/C19H18Cl2F3N5O2S2/c1-25-5-6-28(2)16-7-11(22)3-4-14(16)27-15-9-13(23)17(8-12(15)20)33(30,31)29(21)19-26-10-18(24)32-19/h3-4,7-10,25,27H,5-6H2,1-2H3. The molecule has 2 aromatic carbocycles. The predicted molar refractivity (Wildman–Crippen MR) is 126 cm³/mol. The lowest BCUT2D eigenvalue weighted by molar-refractivity contribution is 0.568. The fraction of sp³-hybridized carbons (Fsp3) is 0.211. The summed E-state index contributed by atoms with van der Waals surface area (Å²) in [7, 11) is -1.09. The van der Waals surface area contributed by atoms with E-state index < -0.39 is 36.8 Å². The van der Waals surface area contributed by atoms with Crippen LogP contribution >= 0.6 is 34.7 Å². The van der Waals surface area contributed by atoms with Gasteiger partial charge in [-0.05, 0) is 31.3 Å². The third-order valence-corrected chi connectivity index (χ3v) is 7.93. The first-order chi connectivity index (χ1) is 15.5. The van der Waals surface area contributed by atoms with Gasteiger partial charge in [0.25, 0.3) is 10.0 Å². The molecule has 1 aromatic heterocycles. The van der Waals surface area contributed by atoms with Gasteiger partial charge in [-0.1, -0.05) is 22.9 Å². The Labute approximate surface area is 202 Å². The Bertz CT molecular complexity index is 1260. The molecule has 0 aliphatic rings. The fourth-order valence-corrected chi connectivity index (χ4v) is 5.32. The second-order valence-corrected chi connectivity index (χ2v) is 10.4. The molecule has 0 spiro atoms. The highest BCUT2D eigenvalue weighted by Gasteiger charge is 2.30. The molecule has 0 aliphatic carbocycles. The van der Waals surface area contributed by atoms with Gasteiger partial charge in [0, 0.05) is 38.0 Å². The number of aromatic nitrogens is 1. The maximum absolute atomic E-state index is 14.9. The summed E-state index contributed by atoms with van der Waals surface area (Å²) in [5.41, 5.74) is 0.949. The highest BCUT2D eigenvalue weighted by Crippen LogP contribution is 2.36. The quantitative estimate of drug-likeness (QED) is 0.374. The van der Waals surface area contributed by atoms with Crippen LogP contribution in [0, 0.1) is 16.8 Å². The second kappa shape index (κ2) is 10.3. The second-order valence-electron chi connectivity index (χ2n) is 6.74. The highest BCUT2D eigenvalue weighted by atomic mass is 35.5. The van der Waals surface area contributed by atoms with E-state index in [9.17, 15) is 21.6 Å². The predicted octanol–water partition coefficient (Wildman–Crippen LogP) is 4.96. The molecule has 3 rings (SSSR count). The van der Waals surface area contributed by atoms with Crippen LogP contribution < -0.4 is 19.4 Å². The van der Waals surface area contributed by atoms with Crippen LogP contribution in [-0.4, -0.2) is 40.6 Å². The number of anilines is 4. The number of thiazole rings is 1. The molecular weight excluding hydrogens is 522 g/mol. The smallest absolute Gasteiger partial charge is 0.283 e. The monoisotopic (exact) mass is 539 g/mol. The van der Waals surface area contributed by atoms with Crippen LogP contribution in [-0.2, 0) is 10.0 Å². The molecule has 3 aromatic rings. The van der Waals surface area contributed by atoms with Crippen molar-refractivity contribution in [3.63, 3.8) is 0 Å². The number of sulfonamides is 1. The molecule has 0 bridgehead atoms. The number of hydrogen-bond acceptors (Lipinski definition) is 7. The number of hydrogen-bond donors (Lipinski definition) is 2. The van der Waals surface area contributed by atoms with Crippen molar-refractivity contribution in [2.24, 2.45) is 0 Å². The average Bonchev–Trinajstić information content (AvgIpc) is 3.20. The van der Waals surface area contributed by atoms with E-state index in [-0.39, 0.29) is 14.5 Å². The minimum absolute atomic E-state index is 0.0457. The zero-order chi connectivity index (χ0) is 24.3. The maximum atomic E-state index is 14.9. The van der Waals surface area contributed by atoms with Gasteiger partial charge in [-0.25, -0.2) is 13.8 Å². The van der Waals surface area contributed by atoms with Gasteiger partial charge >= 0.3 is 0 Å². The van der Waals surface area contributed by atoms with E-state index in [1.54, 1.807) is 19.0 Å². The zero-order valence-corrected chi connectivity index (χ0v) is 20.4. The van der Waals surface area contributed by atoms with Gasteiger partial charge < -0.3 is 15.5 Å².